The number of aliphatic hydroxyl groups excluding tert-OH is 1. The van der Waals surface area contributed by atoms with E-state index < -0.39 is 16.1 Å². The summed E-state index contributed by atoms with van der Waals surface area (Å²) >= 11 is 3.26. The van der Waals surface area contributed by atoms with Crippen molar-refractivity contribution in [1.29, 1.82) is 0 Å². The minimum Gasteiger partial charge on any atom is -0.393 e. The van der Waals surface area contributed by atoms with Crippen LogP contribution in [0.4, 0.5) is 0 Å². The van der Waals surface area contributed by atoms with Crippen LogP contribution in [0.15, 0.2) is 27.6 Å². The lowest BCUT2D eigenvalue weighted by Crippen LogP contribution is -2.35. The van der Waals surface area contributed by atoms with Crippen LogP contribution in [0.25, 0.3) is 0 Å². The SMILES string of the molecule is Cc1ccc(Br)cc1S(=O)(=O)NC(C)CC(C)O. The van der Waals surface area contributed by atoms with Gasteiger partial charge in [0.15, 0.2) is 0 Å². The molecule has 2 atom stereocenters. The second-order valence-corrected chi connectivity index (χ2v) is 7.11. The first-order chi connectivity index (χ1) is 8.22. The van der Waals surface area contributed by atoms with Gasteiger partial charge >= 0.3 is 0 Å². The van der Waals surface area contributed by atoms with Crippen molar-refractivity contribution in [1.82, 2.24) is 4.72 Å². The lowest BCUT2D eigenvalue weighted by Gasteiger charge is -2.16. The van der Waals surface area contributed by atoms with Crippen molar-refractivity contribution >= 4 is 26.0 Å². The largest absolute Gasteiger partial charge is 0.393 e. The summed E-state index contributed by atoms with van der Waals surface area (Å²) in [5.41, 5.74) is 0.690. The van der Waals surface area contributed by atoms with Crippen LogP contribution in [0.1, 0.15) is 25.8 Å². The maximum absolute atomic E-state index is 12.2. The Kier molecular flexibility index (Phi) is 5.33. The number of sulfonamides is 1. The zero-order chi connectivity index (χ0) is 13.9. The molecule has 0 radical (unpaired) electrons. The predicted molar refractivity (Wildman–Crippen MR) is 75.0 cm³/mol. The van der Waals surface area contributed by atoms with Gasteiger partial charge in [-0.15, -0.1) is 0 Å². The molecule has 0 saturated heterocycles. The first-order valence-electron chi connectivity index (χ1n) is 5.69. The number of aliphatic hydroxyl groups is 1. The van der Waals surface area contributed by atoms with Crippen LogP contribution in [0.2, 0.25) is 0 Å². The number of hydrogen-bond acceptors (Lipinski definition) is 3. The predicted octanol–water partition coefficient (Wildman–Crippen LogP) is 2.20. The Bertz CT molecular complexity index is 514. The van der Waals surface area contributed by atoms with Gasteiger partial charge in [-0.1, -0.05) is 22.0 Å². The van der Waals surface area contributed by atoms with E-state index in [9.17, 15) is 13.5 Å². The molecule has 2 N–H and O–H groups in total. The third-order valence-corrected chi connectivity index (χ3v) is 4.72. The van der Waals surface area contributed by atoms with Gasteiger partial charge in [-0.2, -0.15) is 0 Å². The Hall–Kier alpha value is -0.430. The molecule has 18 heavy (non-hydrogen) atoms. The minimum atomic E-state index is -3.55. The fourth-order valence-electron chi connectivity index (χ4n) is 1.75. The third-order valence-electron chi connectivity index (χ3n) is 2.49. The molecular weight excluding hydrogens is 318 g/mol. The van der Waals surface area contributed by atoms with Crippen LogP contribution < -0.4 is 4.72 Å². The standard InChI is InChI=1S/C12H18BrNO3S/c1-8-4-5-11(13)7-12(8)18(16,17)14-9(2)6-10(3)15/h4-5,7,9-10,14-15H,6H2,1-3H3. The summed E-state index contributed by atoms with van der Waals surface area (Å²) in [6.07, 6.45) is -0.155. The van der Waals surface area contributed by atoms with Gasteiger partial charge in [0, 0.05) is 10.5 Å². The Balaban J connectivity index is 2.96. The first kappa shape index (κ1) is 15.6. The summed E-state index contributed by atoms with van der Waals surface area (Å²) < 4.78 is 27.6. The topological polar surface area (TPSA) is 66.4 Å². The van der Waals surface area contributed by atoms with Gasteiger partial charge in [-0.3, -0.25) is 0 Å². The molecule has 0 amide bonds. The van der Waals surface area contributed by atoms with E-state index in [1.165, 1.54) is 0 Å². The fraction of sp³-hybridized carbons (Fsp3) is 0.500. The summed E-state index contributed by atoms with van der Waals surface area (Å²) in [5.74, 6) is 0. The van der Waals surface area contributed by atoms with Crippen LogP contribution >= 0.6 is 15.9 Å². The molecule has 0 spiro atoms. The Morgan fingerprint density at radius 1 is 1.39 bits per heavy atom. The molecule has 0 aliphatic carbocycles. The molecule has 0 fully saturated rings. The molecule has 6 heteroatoms. The summed E-state index contributed by atoms with van der Waals surface area (Å²) in [6.45, 7) is 5.12. The van der Waals surface area contributed by atoms with Crippen molar-refractivity contribution in [3.05, 3.63) is 28.2 Å². The molecule has 0 aliphatic heterocycles. The number of aryl methyl sites for hydroxylation is 1. The maximum atomic E-state index is 12.2. The van der Waals surface area contributed by atoms with Crippen molar-refractivity contribution in [3.63, 3.8) is 0 Å². The second-order valence-electron chi connectivity index (χ2n) is 4.52. The molecule has 0 aromatic heterocycles. The van der Waals surface area contributed by atoms with Gasteiger partial charge in [0.05, 0.1) is 11.0 Å². The number of nitrogens with one attached hydrogen (secondary N) is 1. The highest BCUT2D eigenvalue weighted by Crippen LogP contribution is 2.20. The van der Waals surface area contributed by atoms with Crippen LogP contribution in [0, 0.1) is 6.92 Å². The Morgan fingerprint density at radius 3 is 2.56 bits per heavy atom. The zero-order valence-electron chi connectivity index (χ0n) is 10.6. The lowest BCUT2D eigenvalue weighted by molar-refractivity contribution is 0.175. The van der Waals surface area contributed by atoms with Crippen LogP contribution in [0.3, 0.4) is 0 Å². The minimum absolute atomic E-state index is 0.259. The Labute approximate surface area is 117 Å². The van der Waals surface area contributed by atoms with Crippen molar-refractivity contribution in [2.24, 2.45) is 0 Å². The molecule has 102 valence electrons. The first-order valence-corrected chi connectivity index (χ1v) is 7.96. The maximum Gasteiger partial charge on any atom is 0.241 e. The van der Waals surface area contributed by atoms with E-state index in [1.807, 2.05) is 0 Å². The van der Waals surface area contributed by atoms with Gasteiger partial charge in [0.1, 0.15) is 0 Å². The molecule has 0 saturated carbocycles. The van der Waals surface area contributed by atoms with Crippen LogP contribution in [-0.4, -0.2) is 25.7 Å². The van der Waals surface area contributed by atoms with Gasteiger partial charge in [-0.05, 0) is 44.9 Å². The molecule has 1 rings (SSSR count). The van der Waals surface area contributed by atoms with Gasteiger partial charge in [-0.25, -0.2) is 13.1 Å². The van der Waals surface area contributed by atoms with Crippen molar-refractivity contribution in [2.75, 3.05) is 0 Å². The summed E-state index contributed by atoms with van der Waals surface area (Å²) in [6, 6.07) is 4.81. The summed E-state index contributed by atoms with van der Waals surface area (Å²) in [5, 5.41) is 9.25. The van der Waals surface area contributed by atoms with Gasteiger partial charge in [0.2, 0.25) is 10.0 Å². The van der Waals surface area contributed by atoms with E-state index in [-0.39, 0.29) is 10.9 Å². The lowest BCUT2D eigenvalue weighted by atomic mass is 10.2. The van der Waals surface area contributed by atoms with Crippen molar-refractivity contribution < 1.29 is 13.5 Å². The van der Waals surface area contributed by atoms with Gasteiger partial charge < -0.3 is 5.11 Å². The number of rotatable bonds is 5. The Morgan fingerprint density at radius 2 is 2.00 bits per heavy atom. The molecule has 4 nitrogen and oxygen atoms in total. The van der Waals surface area contributed by atoms with Crippen LogP contribution in [0.5, 0.6) is 0 Å². The quantitative estimate of drug-likeness (QED) is 0.866. The summed E-state index contributed by atoms with van der Waals surface area (Å²) in [7, 11) is -3.55. The number of hydrogen-bond donors (Lipinski definition) is 2. The smallest absolute Gasteiger partial charge is 0.241 e. The zero-order valence-corrected chi connectivity index (χ0v) is 13.0. The highest BCUT2D eigenvalue weighted by Gasteiger charge is 2.20. The third kappa shape index (κ3) is 4.35. The van der Waals surface area contributed by atoms with E-state index in [2.05, 4.69) is 20.7 Å². The van der Waals surface area contributed by atoms with E-state index in [0.29, 0.717) is 12.0 Å². The van der Waals surface area contributed by atoms with Crippen molar-refractivity contribution in [2.45, 2.75) is 44.2 Å². The average Bonchev–Trinajstić information content (AvgIpc) is 2.19. The second kappa shape index (κ2) is 6.14. The normalized spacial score (nSPS) is 15.4. The highest BCUT2D eigenvalue weighted by atomic mass is 79.9. The number of halogens is 1. The summed E-state index contributed by atoms with van der Waals surface area (Å²) in [4.78, 5) is 0.259. The molecular formula is C12H18BrNO3S. The van der Waals surface area contributed by atoms with E-state index in [4.69, 9.17) is 0 Å². The van der Waals surface area contributed by atoms with E-state index >= 15 is 0 Å². The fourth-order valence-corrected chi connectivity index (χ4v) is 3.79. The van der Waals surface area contributed by atoms with Crippen LogP contribution in [-0.2, 0) is 10.0 Å². The van der Waals surface area contributed by atoms with E-state index in [0.717, 1.165) is 4.47 Å². The molecule has 1 aromatic carbocycles. The molecule has 0 bridgehead atoms. The highest BCUT2D eigenvalue weighted by molar-refractivity contribution is 9.10. The van der Waals surface area contributed by atoms with E-state index in [1.54, 1.807) is 39.0 Å². The molecule has 2 unspecified atom stereocenters. The monoisotopic (exact) mass is 335 g/mol. The number of benzene rings is 1. The molecule has 1 aromatic rings. The molecule has 0 aliphatic rings. The van der Waals surface area contributed by atoms with Crippen molar-refractivity contribution in [3.8, 4) is 0 Å². The molecule has 0 heterocycles. The average molecular weight is 336 g/mol. The van der Waals surface area contributed by atoms with Gasteiger partial charge in [0.25, 0.3) is 0 Å².